The Balaban J connectivity index is 1.60. The van der Waals surface area contributed by atoms with Crippen molar-refractivity contribution in [2.75, 3.05) is 0 Å². The predicted octanol–water partition coefficient (Wildman–Crippen LogP) is 10.2. The van der Waals surface area contributed by atoms with Crippen molar-refractivity contribution in [1.29, 1.82) is 0 Å². The molecule has 0 bridgehead atoms. The average molecular weight is 499 g/mol. The third kappa shape index (κ3) is 3.72. The highest BCUT2D eigenvalue weighted by molar-refractivity contribution is 6.23. The largest absolute Gasteiger partial charge is 0.253 e. The van der Waals surface area contributed by atoms with Gasteiger partial charge in [0.25, 0.3) is 0 Å². The van der Waals surface area contributed by atoms with Crippen molar-refractivity contribution in [2.24, 2.45) is 9.98 Å². The molecule has 0 radical (unpaired) electrons. The van der Waals surface area contributed by atoms with Gasteiger partial charge in [0.2, 0.25) is 0 Å². The fraction of sp³-hybridized carbons (Fsp3) is 0.0270. The van der Waals surface area contributed by atoms with E-state index in [9.17, 15) is 0 Å². The summed E-state index contributed by atoms with van der Waals surface area (Å²) < 4.78 is 0. The van der Waals surface area contributed by atoms with E-state index in [4.69, 9.17) is 0 Å². The van der Waals surface area contributed by atoms with E-state index in [0.717, 1.165) is 5.57 Å². The minimum atomic E-state index is 1.09. The van der Waals surface area contributed by atoms with Gasteiger partial charge in [-0.2, -0.15) is 0 Å². The van der Waals surface area contributed by atoms with Crippen molar-refractivity contribution in [1.82, 2.24) is 0 Å². The van der Waals surface area contributed by atoms with Crippen molar-refractivity contribution >= 4 is 72.5 Å². The summed E-state index contributed by atoms with van der Waals surface area (Å²) >= 11 is 0. The van der Waals surface area contributed by atoms with Gasteiger partial charge in [0.1, 0.15) is 6.34 Å². The second kappa shape index (κ2) is 9.34. The molecular formula is C37H26N2. The first-order valence-corrected chi connectivity index (χ1v) is 13.2. The molecule has 0 aliphatic heterocycles. The molecule has 7 aromatic rings. The summed E-state index contributed by atoms with van der Waals surface area (Å²) in [5.74, 6) is 0. The summed E-state index contributed by atoms with van der Waals surface area (Å²) in [6.45, 7) is 5.62. The summed E-state index contributed by atoms with van der Waals surface area (Å²) in [5, 5.41) is 12.5. The van der Waals surface area contributed by atoms with E-state index in [-0.39, 0.29) is 0 Å². The van der Waals surface area contributed by atoms with Crippen LogP contribution in [0.15, 0.2) is 131 Å². The second-order valence-corrected chi connectivity index (χ2v) is 9.99. The standard InChI is InChI=1S/C37H26N2/c1-24(22-39-23-38-2)36-31-12-5-7-14-33(31)37(34-15-8-6-13-32(34)36)30-17-9-16-28-29(30)19-18-27-20-25-10-3-4-11-26(25)21-35(27)28/h3-23H,2H2,1H3/b24-22+,39-23-. The van der Waals surface area contributed by atoms with Crippen molar-refractivity contribution in [3.63, 3.8) is 0 Å². The third-order valence-corrected chi connectivity index (χ3v) is 7.76. The Morgan fingerprint density at radius 2 is 1.18 bits per heavy atom. The van der Waals surface area contributed by atoms with Crippen LogP contribution in [-0.4, -0.2) is 13.1 Å². The molecule has 0 aliphatic rings. The number of fused-ring (bicyclic) bond motifs is 6. The lowest BCUT2D eigenvalue weighted by atomic mass is 9.84. The minimum Gasteiger partial charge on any atom is -0.253 e. The molecule has 0 aliphatic carbocycles. The van der Waals surface area contributed by atoms with Crippen LogP contribution < -0.4 is 0 Å². The smallest absolute Gasteiger partial charge is 0.114 e. The van der Waals surface area contributed by atoms with Gasteiger partial charge in [-0.25, -0.2) is 4.99 Å². The van der Waals surface area contributed by atoms with Crippen molar-refractivity contribution in [3.8, 4) is 11.1 Å². The highest BCUT2D eigenvalue weighted by atomic mass is 14.8. The van der Waals surface area contributed by atoms with Gasteiger partial charge < -0.3 is 0 Å². The van der Waals surface area contributed by atoms with E-state index in [1.165, 1.54) is 76.9 Å². The molecule has 0 heterocycles. The Hall–Kier alpha value is -5.08. The molecule has 2 heteroatoms. The van der Waals surface area contributed by atoms with Gasteiger partial charge in [-0.1, -0.05) is 103 Å². The van der Waals surface area contributed by atoms with Crippen LogP contribution in [-0.2, 0) is 0 Å². The molecule has 2 nitrogen and oxygen atoms in total. The lowest BCUT2D eigenvalue weighted by Crippen LogP contribution is -1.93. The van der Waals surface area contributed by atoms with Gasteiger partial charge in [-0.15, -0.1) is 0 Å². The summed E-state index contributed by atoms with van der Waals surface area (Å²) in [6.07, 6.45) is 3.35. The molecule has 0 atom stereocenters. The third-order valence-electron chi connectivity index (χ3n) is 7.76. The number of hydrogen-bond donors (Lipinski definition) is 0. The van der Waals surface area contributed by atoms with E-state index >= 15 is 0 Å². The van der Waals surface area contributed by atoms with Crippen molar-refractivity contribution in [3.05, 3.63) is 127 Å². The first-order valence-electron chi connectivity index (χ1n) is 13.2. The normalized spacial score (nSPS) is 12.4. The van der Waals surface area contributed by atoms with Crippen LogP contribution in [0.1, 0.15) is 12.5 Å². The lowest BCUT2D eigenvalue weighted by Gasteiger charge is -2.19. The Bertz CT molecular complexity index is 2090. The molecule has 7 aromatic carbocycles. The maximum Gasteiger partial charge on any atom is 0.114 e. The number of nitrogens with zero attached hydrogens (tertiary/aromatic N) is 2. The molecule has 184 valence electrons. The maximum absolute atomic E-state index is 4.34. The van der Waals surface area contributed by atoms with E-state index in [1.807, 2.05) is 6.20 Å². The Labute approximate surface area is 227 Å². The number of benzene rings is 7. The van der Waals surface area contributed by atoms with Crippen LogP contribution in [0, 0.1) is 0 Å². The van der Waals surface area contributed by atoms with Crippen LogP contribution in [0.2, 0.25) is 0 Å². The van der Waals surface area contributed by atoms with E-state index in [2.05, 4.69) is 139 Å². The predicted molar refractivity (Wildman–Crippen MR) is 171 cm³/mol. The summed E-state index contributed by atoms with van der Waals surface area (Å²) in [5.41, 5.74) is 4.80. The summed E-state index contributed by atoms with van der Waals surface area (Å²) in [4.78, 5) is 8.10. The van der Waals surface area contributed by atoms with Gasteiger partial charge in [-0.05, 0) is 102 Å². The molecule has 7 rings (SSSR count). The second-order valence-electron chi connectivity index (χ2n) is 9.99. The zero-order chi connectivity index (χ0) is 26.3. The molecular weight excluding hydrogens is 472 g/mol. The van der Waals surface area contributed by atoms with Gasteiger partial charge in [0, 0.05) is 6.20 Å². The highest BCUT2D eigenvalue weighted by Crippen LogP contribution is 2.44. The van der Waals surface area contributed by atoms with E-state index < -0.39 is 0 Å². The zero-order valence-electron chi connectivity index (χ0n) is 21.7. The average Bonchev–Trinajstić information content (AvgIpc) is 2.98. The first-order chi connectivity index (χ1) is 19.2. The number of hydrogen-bond acceptors (Lipinski definition) is 1. The Kier molecular flexibility index (Phi) is 5.53. The van der Waals surface area contributed by atoms with Crippen LogP contribution in [0.4, 0.5) is 0 Å². The molecule has 0 aromatic heterocycles. The SMILES string of the molecule is C=N/C=N\C=C(/C)c1c2ccccc2c(-c2cccc3c2ccc2cc4ccccc4cc23)c2ccccc12. The van der Waals surface area contributed by atoms with Crippen LogP contribution in [0.5, 0.6) is 0 Å². The number of rotatable bonds is 4. The van der Waals surface area contributed by atoms with E-state index in [1.54, 1.807) is 0 Å². The Morgan fingerprint density at radius 1 is 0.564 bits per heavy atom. The fourth-order valence-electron chi connectivity index (χ4n) is 6.10. The zero-order valence-corrected chi connectivity index (χ0v) is 21.7. The topological polar surface area (TPSA) is 24.7 Å². The molecule has 0 fully saturated rings. The molecule has 0 saturated heterocycles. The molecule has 0 spiro atoms. The van der Waals surface area contributed by atoms with Crippen LogP contribution in [0.3, 0.4) is 0 Å². The van der Waals surface area contributed by atoms with E-state index in [0.29, 0.717) is 0 Å². The molecule has 39 heavy (non-hydrogen) atoms. The fourth-order valence-corrected chi connectivity index (χ4v) is 6.10. The van der Waals surface area contributed by atoms with Gasteiger partial charge in [-0.3, -0.25) is 4.99 Å². The van der Waals surface area contributed by atoms with Gasteiger partial charge in [0.05, 0.1) is 0 Å². The highest BCUT2D eigenvalue weighted by Gasteiger charge is 2.18. The van der Waals surface area contributed by atoms with Crippen LogP contribution >= 0.6 is 0 Å². The molecule has 0 amide bonds. The van der Waals surface area contributed by atoms with Gasteiger partial charge in [0.15, 0.2) is 0 Å². The summed E-state index contributed by atoms with van der Waals surface area (Å²) in [6, 6.07) is 42.0. The first kappa shape index (κ1) is 23.1. The quantitative estimate of drug-likeness (QED) is 0.0998. The minimum absolute atomic E-state index is 1.09. The number of allylic oxidation sites excluding steroid dienone is 1. The lowest BCUT2D eigenvalue weighted by molar-refractivity contribution is 1.52. The Morgan fingerprint density at radius 3 is 1.87 bits per heavy atom. The molecule has 0 saturated carbocycles. The molecule has 0 N–H and O–H groups in total. The van der Waals surface area contributed by atoms with Crippen molar-refractivity contribution < 1.29 is 0 Å². The van der Waals surface area contributed by atoms with Crippen molar-refractivity contribution in [2.45, 2.75) is 6.92 Å². The molecule has 0 unspecified atom stereocenters. The maximum atomic E-state index is 4.34. The van der Waals surface area contributed by atoms with Gasteiger partial charge >= 0.3 is 0 Å². The monoisotopic (exact) mass is 498 g/mol. The van der Waals surface area contributed by atoms with Crippen LogP contribution in [0.25, 0.3) is 70.6 Å². The summed E-state index contributed by atoms with van der Waals surface area (Å²) in [7, 11) is 0. The number of aliphatic imine (C=N–C) groups is 2.